The average Bonchev–Trinajstić information content (AvgIpc) is 2.37. The predicted molar refractivity (Wildman–Crippen MR) is 68.2 cm³/mol. The molecule has 0 heterocycles. The summed E-state index contributed by atoms with van der Waals surface area (Å²) in [5.74, 6) is 1.08. The number of benzene rings is 1. The van der Waals surface area contributed by atoms with Gasteiger partial charge in [0.25, 0.3) is 0 Å². The van der Waals surface area contributed by atoms with E-state index in [0.29, 0.717) is 23.5 Å². The van der Waals surface area contributed by atoms with Crippen LogP contribution in [0.15, 0.2) is 12.1 Å². The Labute approximate surface area is 107 Å². The summed E-state index contributed by atoms with van der Waals surface area (Å²) >= 11 is 0. The number of rotatable bonds is 6. The molecule has 0 saturated carbocycles. The molecule has 18 heavy (non-hydrogen) atoms. The number of carbonyl (C=O) groups excluding carboxylic acids is 1. The fourth-order valence-electron chi connectivity index (χ4n) is 1.91. The number of alkyl halides is 1. The van der Waals surface area contributed by atoms with E-state index in [1.165, 1.54) is 21.1 Å². The van der Waals surface area contributed by atoms with Crippen LogP contribution in [0, 0.1) is 0 Å². The Morgan fingerprint density at radius 2 is 1.67 bits per heavy atom. The number of methoxy groups -OCH3 is 2. The van der Waals surface area contributed by atoms with Gasteiger partial charge < -0.3 is 14.3 Å². The van der Waals surface area contributed by atoms with Gasteiger partial charge in [0.15, 0.2) is 0 Å². The fourth-order valence-corrected chi connectivity index (χ4v) is 1.91. The van der Waals surface area contributed by atoms with Crippen LogP contribution in [-0.2, 0) is 4.79 Å². The molecule has 2 unspecified atom stereocenters. The molecule has 0 aliphatic heterocycles. The van der Waals surface area contributed by atoms with E-state index in [4.69, 9.17) is 9.47 Å². The van der Waals surface area contributed by atoms with E-state index in [1.54, 1.807) is 12.1 Å². The molecule has 0 radical (unpaired) electrons. The highest BCUT2D eigenvalue weighted by Gasteiger charge is 2.18. The van der Waals surface area contributed by atoms with Crippen LogP contribution in [0.2, 0.25) is 0 Å². The zero-order valence-corrected chi connectivity index (χ0v) is 11.2. The molecule has 3 nitrogen and oxygen atoms in total. The Hall–Kier alpha value is -1.58. The predicted octanol–water partition coefficient (Wildman–Crippen LogP) is 3.43. The van der Waals surface area contributed by atoms with E-state index in [0.717, 1.165) is 11.8 Å². The zero-order valence-electron chi connectivity index (χ0n) is 11.2. The van der Waals surface area contributed by atoms with E-state index in [1.807, 2.05) is 6.92 Å². The lowest BCUT2D eigenvalue weighted by Crippen LogP contribution is -2.02. The summed E-state index contributed by atoms with van der Waals surface area (Å²) in [6.07, 6.45) is 0.121. The molecule has 0 amide bonds. The van der Waals surface area contributed by atoms with Gasteiger partial charge in [-0.2, -0.15) is 0 Å². The topological polar surface area (TPSA) is 35.5 Å². The van der Waals surface area contributed by atoms with Gasteiger partial charge in [-0.05, 0) is 25.0 Å². The van der Waals surface area contributed by atoms with E-state index in [2.05, 4.69) is 0 Å². The molecule has 0 aromatic heterocycles. The fraction of sp³-hybridized carbons (Fsp3) is 0.500. The molecule has 1 aromatic rings. The SMILES string of the molecule is COc1cc(C(C)CC=O)c(OC)cc1C(C)F. The Balaban J connectivity index is 3.29. The highest BCUT2D eigenvalue weighted by Crippen LogP contribution is 2.38. The van der Waals surface area contributed by atoms with Crippen LogP contribution in [0.4, 0.5) is 4.39 Å². The molecule has 1 aromatic carbocycles. The van der Waals surface area contributed by atoms with Gasteiger partial charge >= 0.3 is 0 Å². The van der Waals surface area contributed by atoms with Gasteiger partial charge in [0.05, 0.1) is 14.2 Å². The Kier molecular flexibility index (Phi) is 5.13. The first-order valence-corrected chi connectivity index (χ1v) is 5.88. The largest absolute Gasteiger partial charge is 0.496 e. The molecule has 0 spiro atoms. The van der Waals surface area contributed by atoms with Crippen LogP contribution in [0.3, 0.4) is 0 Å². The van der Waals surface area contributed by atoms with Crippen LogP contribution >= 0.6 is 0 Å². The summed E-state index contributed by atoms with van der Waals surface area (Å²) in [5.41, 5.74) is 1.31. The number of hydrogen-bond donors (Lipinski definition) is 0. The van der Waals surface area contributed by atoms with Crippen molar-refractivity contribution in [2.24, 2.45) is 0 Å². The first kappa shape index (κ1) is 14.5. The maximum atomic E-state index is 13.5. The lowest BCUT2D eigenvalue weighted by molar-refractivity contribution is -0.108. The van der Waals surface area contributed by atoms with Crippen molar-refractivity contribution in [3.05, 3.63) is 23.3 Å². The van der Waals surface area contributed by atoms with Crippen molar-refractivity contribution in [3.63, 3.8) is 0 Å². The molecule has 0 aliphatic rings. The molecule has 1 rings (SSSR count). The Morgan fingerprint density at radius 3 is 2.11 bits per heavy atom. The Bertz CT molecular complexity index is 416. The maximum Gasteiger partial charge on any atom is 0.126 e. The molecule has 2 atom stereocenters. The molecular formula is C14H19FO3. The maximum absolute atomic E-state index is 13.5. The van der Waals surface area contributed by atoms with Crippen molar-refractivity contribution in [2.45, 2.75) is 32.4 Å². The Morgan fingerprint density at radius 1 is 1.17 bits per heavy atom. The number of aldehydes is 1. The monoisotopic (exact) mass is 254 g/mol. The zero-order chi connectivity index (χ0) is 13.7. The van der Waals surface area contributed by atoms with Gasteiger partial charge in [0.1, 0.15) is 24.0 Å². The lowest BCUT2D eigenvalue weighted by Gasteiger charge is -2.18. The smallest absolute Gasteiger partial charge is 0.126 e. The van der Waals surface area contributed by atoms with Crippen molar-refractivity contribution < 1.29 is 18.7 Å². The van der Waals surface area contributed by atoms with Crippen molar-refractivity contribution in [2.75, 3.05) is 14.2 Å². The number of hydrogen-bond acceptors (Lipinski definition) is 3. The van der Waals surface area contributed by atoms with Gasteiger partial charge in [0.2, 0.25) is 0 Å². The van der Waals surface area contributed by atoms with Crippen molar-refractivity contribution in [1.29, 1.82) is 0 Å². The number of carbonyl (C=O) groups is 1. The molecular weight excluding hydrogens is 235 g/mol. The minimum absolute atomic E-state index is 0.00955. The number of ether oxygens (including phenoxy) is 2. The molecule has 0 N–H and O–H groups in total. The normalized spacial score (nSPS) is 13.8. The molecule has 4 heteroatoms. The van der Waals surface area contributed by atoms with Crippen LogP contribution in [0.1, 0.15) is 43.5 Å². The third kappa shape index (κ3) is 3.00. The first-order chi connectivity index (χ1) is 8.54. The summed E-state index contributed by atoms with van der Waals surface area (Å²) in [6.45, 7) is 3.37. The summed E-state index contributed by atoms with van der Waals surface area (Å²) in [7, 11) is 3.04. The van der Waals surface area contributed by atoms with E-state index >= 15 is 0 Å². The number of halogens is 1. The third-order valence-electron chi connectivity index (χ3n) is 2.99. The molecule has 0 fully saturated rings. The molecule has 0 saturated heterocycles. The average molecular weight is 254 g/mol. The van der Waals surface area contributed by atoms with E-state index in [-0.39, 0.29) is 5.92 Å². The minimum Gasteiger partial charge on any atom is -0.496 e. The van der Waals surface area contributed by atoms with Gasteiger partial charge in [-0.15, -0.1) is 0 Å². The van der Waals surface area contributed by atoms with E-state index < -0.39 is 6.17 Å². The van der Waals surface area contributed by atoms with Crippen LogP contribution in [0.5, 0.6) is 11.5 Å². The highest BCUT2D eigenvalue weighted by atomic mass is 19.1. The van der Waals surface area contributed by atoms with Gasteiger partial charge in [-0.1, -0.05) is 6.92 Å². The quantitative estimate of drug-likeness (QED) is 0.730. The minimum atomic E-state index is -1.13. The standard InChI is InChI=1S/C14H19FO3/c1-9(5-6-16)11-7-14(18-4)12(10(2)15)8-13(11)17-3/h6-10H,5H2,1-4H3. The second kappa shape index (κ2) is 6.38. The third-order valence-corrected chi connectivity index (χ3v) is 2.99. The second-order valence-electron chi connectivity index (χ2n) is 4.26. The van der Waals surface area contributed by atoms with Crippen LogP contribution in [-0.4, -0.2) is 20.5 Å². The molecule has 0 aliphatic carbocycles. The van der Waals surface area contributed by atoms with E-state index in [9.17, 15) is 9.18 Å². The lowest BCUT2D eigenvalue weighted by atomic mass is 9.94. The van der Waals surface area contributed by atoms with Crippen molar-refractivity contribution in [1.82, 2.24) is 0 Å². The summed E-state index contributed by atoms with van der Waals surface area (Å²) in [5, 5.41) is 0. The molecule has 0 bridgehead atoms. The van der Waals surface area contributed by atoms with Gasteiger partial charge in [-0.3, -0.25) is 0 Å². The molecule has 100 valence electrons. The van der Waals surface area contributed by atoms with Crippen molar-refractivity contribution >= 4 is 6.29 Å². The summed E-state index contributed by atoms with van der Waals surface area (Å²) in [4.78, 5) is 10.6. The van der Waals surface area contributed by atoms with Crippen LogP contribution in [0.25, 0.3) is 0 Å². The second-order valence-corrected chi connectivity index (χ2v) is 4.26. The summed E-state index contributed by atoms with van der Waals surface area (Å²) < 4.78 is 23.9. The van der Waals surface area contributed by atoms with Crippen molar-refractivity contribution in [3.8, 4) is 11.5 Å². The first-order valence-electron chi connectivity index (χ1n) is 5.88. The van der Waals surface area contributed by atoms with Crippen LogP contribution < -0.4 is 9.47 Å². The van der Waals surface area contributed by atoms with Gasteiger partial charge in [0, 0.05) is 17.5 Å². The van der Waals surface area contributed by atoms with Gasteiger partial charge in [-0.25, -0.2) is 4.39 Å². The summed E-state index contributed by atoms with van der Waals surface area (Å²) in [6, 6.07) is 3.39. The highest BCUT2D eigenvalue weighted by molar-refractivity contribution is 5.55.